The van der Waals surface area contributed by atoms with Crippen molar-refractivity contribution in [1.29, 1.82) is 0 Å². The van der Waals surface area contributed by atoms with Gasteiger partial charge in [0.25, 0.3) is 0 Å². The molecule has 1 heteroatoms. The molecule has 0 spiro atoms. The van der Waals surface area contributed by atoms with Gasteiger partial charge in [0.05, 0.1) is 0 Å². The lowest BCUT2D eigenvalue weighted by molar-refractivity contribution is 0.184. The van der Waals surface area contributed by atoms with E-state index in [1.807, 2.05) is 0 Å². The first-order valence-corrected chi connectivity index (χ1v) is 8.03. The summed E-state index contributed by atoms with van der Waals surface area (Å²) in [6, 6.07) is 0.732. The summed E-state index contributed by atoms with van der Waals surface area (Å²) in [5, 5.41) is 3.77. The molecule has 1 rings (SSSR count). The molecule has 1 fully saturated rings. The standard InChI is InChI=1S/C17H33N/c1-5-7-8-17(18-13-6-2)16-11-9-15(10-12-16)14(3)4/h5,14-18H,1,6-13H2,2-4H3. The summed E-state index contributed by atoms with van der Waals surface area (Å²) in [4.78, 5) is 0. The zero-order chi connectivity index (χ0) is 13.4. The van der Waals surface area contributed by atoms with Crippen molar-refractivity contribution in [3.63, 3.8) is 0 Å². The molecule has 0 amide bonds. The number of allylic oxidation sites excluding steroid dienone is 1. The van der Waals surface area contributed by atoms with Crippen LogP contribution in [0.15, 0.2) is 12.7 Å². The normalized spacial score (nSPS) is 26.2. The van der Waals surface area contributed by atoms with Crippen LogP contribution in [0.3, 0.4) is 0 Å². The SMILES string of the molecule is C=CCCC(NCCC)C1CCC(C(C)C)CC1. The van der Waals surface area contributed by atoms with Gasteiger partial charge in [0.1, 0.15) is 0 Å². The summed E-state index contributed by atoms with van der Waals surface area (Å²) in [5.41, 5.74) is 0. The van der Waals surface area contributed by atoms with Gasteiger partial charge in [-0.2, -0.15) is 0 Å². The largest absolute Gasteiger partial charge is 0.314 e. The lowest BCUT2D eigenvalue weighted by Gasteiger charge is -2.36. The van der Waals surface area contributed by atoms with E-state index in [4.69, 9.17) is 0 Å². The van der Waals surface area contributed by atoms with Crippen molar-refractivity contribution in [2.75, 3.05) is 6.54 Å². The molecule has 0 aliphatic heterocycles. The first-order valence-electron chi connectivity index (χ1n) is 8.03. The fourth-order valence-corrected chi connectivity index (χ4v) is 3.35. The minimum Gasteiger partial charge on any atom is -0.314 e. The monoisotopic (exact) mass is 251 g/mol. The molecule has 0 aromatic heterocycles. The van der Waals surface area contributed by atoms with Crippen LogP contribution in [0.2, 0.25) is 0 Å². The third-order valence-corrected chi connectivity index (χ3v) is 4.67. The molecule has 18 heavy (non-hydrogen) atoms. The molecule has 1 atom stereocenters. The summed E-state index contributed by atoms with van der Waals surface area (Å²) in [5.74, 6) is 2.76. The highest BCUT2D eigenvalue weighted by Gasteiger charge is 2.27. The van der Waals surface area contributed by atoms with Crippen LogP contribution in [0.1, 0.15) is 65.7 Å². The van der Waals surface area contributed by atoms with Crippen LogP contribution < -0.4 is 5.32 Å². The molecule has 1 saturated carbocycles. The third-order valence-electron chi connectivity index (χ3n) is 4.67. The average molecular weight is 251 g/mol. The molecule has 1 unspecified atom stereocenters. The Morgan fingerprint density at radius 1 is 1.17 bits per heavy atom. The summed E-state index contributed by atoms with van der Waals surface area (Å²) in [6.07, 6.45) is 11.5. The first kappa shape index (κ1) is 15.8. The van der Waals surface area contributed by atoms with E-state index < -0.39 is 0 Å². The maximum absolute atomic E-state index is 3.87. The molecular weight excluding hydrogens is 218 g/mol. The van der Waals surface area contributed by atoms with Crippen molar-refractivity contribution >= 4 is 0 Å². The highest BCUT2D eigenvalue weighted by Crippen LogP contribution is 2.35. The molecule has 0 aromatic carbocycles. The second-order valence-electron chi connectivity index (χ2n) is 6.35. The van der Waals surface area contributed by atoms with Crippen molar-refractivity contribution in [2.24, 2.45) is 17.8 Å². The van der Waals surface area contributed by atoms with Crippen LogP contribution >= 0.6 is 0 Å². The summed E-state index contributed by atoms with van der Waals surface area (Å²) in [6.45, 7) is 12.1. The molecule has 1 N–H and O–H groups in total. The fourth-order valence-electron chi connectivity index (χ4n) is 3.35. The number of nitrogens with one attached hydrogen (secondary N) is 1. The summed E-state index contributed by atoms with van der Waals surface area (Å²) >= 11 is 0. The van der Waals surface area contributed by atoms with Crippen LogP contribution in [-0.4, -0.2) is 12.6 Å². The van der Waals surface area contributed by atoms with Gasteiger partial charge in [-0.25, -0.2) is 0 Å². The van der Waals surface area contributed by atoms with Crippen LogP contribution in [0, 0.1) is 17.8 Å². The number of rotatable bonds is 8. The van der Waals surface area contributed by atoms with Crippen LogP contribution in [0.5, 0.6) is 0 Å². The van der Waals surface area contributed by atoms with Gasteiger partial charge in [0, 0.05) is 6.04 Å². The van der Waals surface area contributed by atoms with E-state index in [1.165, 1.54) is 45.1 Å². The van der Waals surface area contributed by atoms with Gasteiger partial charge in [0.15, 0.2) is 0 Å². The molecule has 1 nitrogen and oxygen atoms in total. The fraction of sp³-hybridized carbons (Fsp3) is 0.882. The number of hydrogen-bond acceptors (Lipinski definition) is 1. The summed E-state index contributed by atoms with van der Waals surface area (Å²) in [7, 11) is 0. The Morgan fingerprint density at radius 3 is 2.28 bits per heavy atom. The van der Waals surface area contributed by atoms with E-state index in [0.29, 0.717) is 0 Å². The molecule has 1 aliphatic rings. The van der Waals surface area contributed by atoms with Crippen molar-refractivity contribution in [3.05, 3.63) is 12.7 Å². The van der Waals surface area contributed by atoms with E-state index in [0.717, 1.165) is 30.2 Å². The zero-order valence-electron chi connectivity index (χ0n) is 12.8. The molecule has 0 bridgehead atoms. The topological polar surface area (TPSA) is 12.0 Å². The predicted octanol–water partition coefficient (Wildman–Crippen LogP) is 4.78. The molecule has 0 saturated heterocycles. The Hall–Kier alpha value is -0.300. The first-order chi connectivity index (χ1) is 8.69. The molecule has 0 heterocycles. The van der Waals surface area contributed by atoms with Crippen molar-refractivity contribution < 1.29 is 0 Å². The third kappa shape index (κ3) is 5.14. The van der Waals surface area contributed by atoms with Crippen LogP contribution in [0.25, 0.3) is 0 Å². The lowest BCUT2D eigenvalue weighted by atomic mass is 9.74. The van der Waals surface area contributed by atoms with Crippen molar-refractivity contribution in [3.8, 4) is 0 Å². The van der Waals surface area contributed by atoms with E-state index in [-0.39, 0.29) is 0 Å². The Kier molecular flexibility index (Phi) is 7.65. The van der Waals surface area contributed by atoms with E-state index in [2.05, 4.69) is 38.7 Å². The van der Waals surface area contributed by atoms with Gasteiger partial charge in [-0.3, -0.25) is 0 Å². The van der Waals surface area contributed by atoms with E-state index in [9.17, 15) is 0 Å². The Bertz CT molecular complexity index is 214. The molecule has 0 aromatic rings. The molecule has 1 aliphatic carbocycles. The zero-order valence-corrected chi connectivity index (χ0v) is 12.8. The average Bonchev–Trinajstić information content (AvgIpc) is 2.39. The van der Waals surface area contributed by atoms with Gasteiger partial charge in [-0.15, -0.1) is 6.58 Å². The number of hydrogen-bond donors (Lipinski definition) is 1. The van der Waals surface area contributed by atoms with Gasteiger partial charge >= 0.3 is 0 Å². The van der Waals surface area contributed by atoms with Gasteiger partial charge in [-0.05, 0) is 69.2 Å². The summed E-state index contributed by atoms with van der Waals surface area (Å²) < 4.78 is 0. The van der Waals surface area contributed by atoms with Gasteiger partial charge in [-0.1, -0.05) is 26.8 Å². The van der Waals surface area contributed by atoms with Gasteiger partial charge < -0.3 is 5.32 Å². The minimum atomic E-state index is 0.732. The highest BCUT2D eigenvalue weighted by atomic mass is 14.9. The highest BCUT2D eigenvalue weighted by molar-refractivity contribution is 4.84. The predicted molar refractivity (Wildman–Crippen MR) is 81.8 cm³/mol. The van der Waals surface area contributed by atoms with Crippen LogP contribution in [-0.2, 0) is 0 Å². The van der Waals surface area contributed by atoms with Crippen LogP contribution in [0.4, 0.5) is 0 Å². The van der Waals surface area contributed by atoms with E-state index in [1.54, 1.807) is 0 Å². The smallest absolute Gasteiger partial charge is 0.00982 e. The molecule has 106 valence electrons. The quantitative estimate of drug-likeness (QED) is 0.612. The minimum absolute atomic E-state index is 0.732. The maximum atomic E-state index is 3.87. The second kappa shape index (κ2) is 8.74. The molecular formula is C17H33N. The van der Waals surface area contributed by atoms with Crippen molar-refractivity contribution in [1.82, 2.24) is 5.32 Å². The van der Waals surface area contributed by atoms with Crippen molar-refractivity contribution in [2.45, 2.75) is 71.8 Å². The Morgan fingerprint density at radius 2 is 1.78 bits per heavy atom. The molecule has 0 radical (unpaired) electrons. The Labute approximate surface area is 114 Å². The van der Waals surface area contributed by atoms with Gasteiger partial charge in [0.2, 0.25) is 0 Å². The maximum Gasteiger partial charge on any atom is 0.00982 e. The van der Waals surface area contributed by atoms with E-state index >= 15 is 0 Å². The lowest BCUT2D eigenvalue weighted by Crippen LogP contribution is -2.38. The Balaban J connectivity index is 2.40. The second-order valence-corrected chi connectivity index (χ2v) is 6.35.